The number of aliphatic hydroxyl groups is 1. The van der Waals surface area contributed by atoms with Gasteiger partial charge < -0.3 is 10.0 Å². The van der Waals surface area contributed by atoms with Crippen molar-refractivity contribution in [2.24, 2.45) is 0 Å². The van der Waals surface area contributed by atoms with Crippen molar-refractivity contribution in [1.29, 1.82) is 0 Å². The number of nitrogens with zero attached hydrogens (tertiary/aromatic N) is 4. The summed E-state index contributed by atoms with van der Waals surface area (Å²) in [5.74, 6) is 1.47. The third-order valence-corrected chi connectivity index (χ3v) is 6.58. The fourth-order valence-electron chi connectivity index (χ4n) is 4.62. The molecule has 35 heavy (non-hydrogen) atoms. The molecule has 1 fully saturated rings. The largest absolute Gasteiger partial charge is 0.392 e. The zero-order valence-electron chi connectivity index (χ0n) is 20.5. The van der Waals surface area contributed by atoms with Crippen molar-refractivity contribution >= 4 is 5.82 Å². The second-order valence-corrected chi connectivity index (χ2v) is 9.13. The van der Waals surface area contributed by atoms with Crippen LogP contribution >= 0.6 is 0 Å². The van der Waals surface area contributed by atoms with Gasteiger partial charge >= 0.3 is 0 Å². The zero-order chi connectivity index (χ0) is 24.6. The minimum atomic E-state index is -0.330. The monoisotopic (exact) mass is 474 g/mol. The predicted molar refractivity (Wildman–Crippen MR) is 140 cm³/mol. The Morgan fingerprint density at radius 3 is 2.40 bits per heavy atom. The molecule has 1 aliphatic rings. The molecule has 1 atom stereocenters. The zero-order valence-corrected chi connectivity index (χ0v) is 20.5. The van der Waals surface area contributed by atoms with Crippen LogP contribution in [0.5, 0.6) is 0 Å². The molecule has 4 rings (SSSR count). The molecule has 2 heterocycles. The summed E-state index contributed by atoms with van der Waals surface area (Å²) in [5, 5.41) is 10.3. The van der Waals surface area contributed by atoms with Gasteiger partial charge in [0.25, 0.3) is 0 Å². The number of piperazine rings is 1. The van der Waals surface area contributed by atoms with Crippen LogP contribution in [-0.4, -0.2) is 58.8 Å². The second-order valence-electron chi connectivity index (χ2n) is 9.13. The molecular weight excluding hydrogens is 439 g/mol. The molecule has 1 aromatic heterocycles. The summed E-state index contributed by atoms with van der Waals surface area (Å²) < 4.78 is 13.5. The summed E-state index contributed by atoms with van der Waals surface area (Å²) >= 11 is 0. The first-order chi connectivity index (χ1) is 17.1. The molecule has 0 radical (unpaired) electrons. The van der Waals surface area contributed by atoms with Gasteiger partial charge in [-0.15, -0.1) is 6.58 Å². The topological polar surface area (TPSA) is 52.5 Å². The molecule has 184 valence electrons. The lowest BCUT2D eigenvalue weighted by atomic mass is 10.0. The molecule has 0 amide bonds. The molecule has 5 nitrogen and oxygen atoms in total. The quantitative estimate of drug-likeness (QED) is 0.424. The van der Waals surface area contributed by atoms with Gasteiger partial charge in [-0.05, 0) is 37.0 Å². The Morgan fingerprint density at radius 2 is 1.74 bits per heavy atom. The Morgan fingerprint density at radius 1 is 1.03 bits per heavy atom. The molecular formula is C29H35FN4O. The predicted octanol–water partition coefficient (Wildman–Crippen LogP) is 4.89. The van der Waals surface area contributed by atoms with E-state index in [1.165, 1.54) is 12.1 Å². The number of benzene rings is 2. The first kappa shape index (κ1) is 25.0. The van der Waals surface area contributed by atoms with Crippen LogP contribution in [0, 0.1) is 5.82 Å². The molecule has 0 saturated carbocycles. The minimum Gasteiger partial charge on any atom is -0.392 e. The van der Waals surface area contributed by atoms with Gasteiger partial charge in [0.2, 0.25) is 0 Å². The van der Waals surface area contributed by atoms with Gasteiger partial charge in [-0.3, -0.25) is 4.90 Å². The van der Waals surface area contributed by atoms with E-state index in [1.54, 1.807) is 0 Å². The highest BCUT2D eigenvalue weighted by Gasteiger charge is 2.24. The lowest BCUT2D eigenvalue weighted by Gasteiger charge is -2.37. The summed E-state index contributed by atoms with van der Waals surface area (Å²) in [4.78, 5) is 14.7. The standard InChI is InChI=1S/C29H35FN4O/c1-3-5-11-25(35)21-33-16-18-34(19-17-33)29-26(20-22-12-14-24(30)15-13-22)27(4-2)31-28(32-29)23-9-7-6-8-10-23/h3,6-10,12-15,25,35H,1,4-5,11,16-21H2,2H3/t25-/m0/s1. The summed E-state index contributed by atoms with van der Waals surface area (Å²) in [6, 6.07) is 16.8. The van der Waals surface area contributed by atoms with Crippen molar-refractivity contribution in [2.75, 3.05) is 37.6 Å². The molecule has 2 aromatic carbocycles. The molecule has 1 N–H and O–H groups in total. The number of β-amino-alcohol motifs (C(OH)–C–C–N with tert-alkyl or cyclic N) is 1. The summed E-state index contributed by atoms with van der Waals surface area (Å²) in [7, 11) is 0. The molecule has 0 aliphatic carbocycles. The Hall–Kier alpha value is -3.09. The van der Waals surface area contributed by atoms with E-state index >= 15 is 0 Å². The number of hydrogen-bond donors (Lipinski definition) is 1. The van der Waals surface area contributed by atoms with E-state index in [-0.39, 0.29) is 11.9 Å². The van der Waals surface area contributed by atoms with Crippen molar-refractivity contribution in [3.63, 3.8) is 0 Å². The maximum atomic E-state index is 13.5. The van der Waals surface area contributed by atoms with Crippen LogP contribution in [0.25, 0.3) is 11.4 Å². The van der Waals surface area contributed by atoms with Crippen LogP contribution in [-0.2, 0) is 12.8 Å². The van der Waals surface area contributed by atoms with Crippen LogP contribution in [0.4, 0.5) is 10.2 Å². The van der Waals surface area contributed by atoms with Gasteiger partial charge in [0.15, 0.2) is 5.82 Å². The van der Waals surface area contributed by atoms with Crippen molar-refractivity contribution in [2.45, 2.75) is 38.7 Å². The fourth-order valence-corrected chi connectivity index (χ4v) is 4.62. The van der Waals surface area contributed by atoms with Crippen molar-refractivity contribution < 1.29 is 9.50 Å². The second kappa shape index (κ2) is 12.0. The van der Waals surface area contributed by atoms with E-state index < -0.39 is 0 Å². The van der Waals surface area contributed by atoms with Crippen molar-refractivity contribution in [3.05, 3.63) is 89.9 Å². The Bertz CT molecular complexity index is 1100. The van der Waals surface area contributed by atoms with Gasteiger partial charge in [-0.25, -0.2) is 14.4 Å². The van der Waals surface area contributed by atoms with E-state index in [9.17, 15) is 9.50 Å². The summed E-state index contributed by atoms with van der Waals surface area (Å²) in [6.45, 7) is 9.95. The first-order valence-corrected chi connectivity index (χ1v) is 12.5. The van der Waals surface area contributed by atoms with Gasteiger partial charge in [0.1, 0.15) is 11.6 Å². The smallest absolute Gasteiger partial charge is 0.161 e. The van der Waals surface area contributed by atoms with Crippen LogP contribution < -0.4 is 4.90 Å². The highest BCUT2D eigenvalue weighted by molar-refractivity contribution is 5.61. The first-order valence-electron chi connectivity index (χ1n) is 12.5. The molecule has 1 saturated heterocycles. The molecule has 0 spiro atoms. The molecule has 0 unspecified atom stereocenters. The highest BCUT2D eigenvalue weighted by atomic mass is 19.1. The maximum absolute atomic E-state index is 13.5. The third-order valence-electron chi connectivity index (χ3n) is 6.58. The summed E-state index contributed by atoms with van der Waals surface area (Å²) in [5.41, 5.74) is 4.18. The van der Waals surface area contributed by atoms with E-state index in [1.807, 2.05) is 48.5 Å². The van der Waals surface area contributed by atoms with Crippen LogP contribution in [0.15, 0.2) is 67.3 Å². The molecule has 1 aliphatic heterocycles. The number of aryl methyl sites for hydroxylation is 1. The molecule has 0 bridgehead atoms. The Labute approximate surface area is 208 Å². The van der Waals surface area contributed by atoms with Crippen molar-refractivity contribution in [3.8, 4) is 11.4 Å². The van der Waals surface area contributed by atoms with Crippen LogP contribution in [0.3, 0.4) is 0 Å². The Balaban J connectivity index is 1.62. The van der Waals surface area contributed by atoms with Crippen molar-refractivity contribution in [1.82, 2.24) is 14.9 Å². The number of aliphatic hydroxyl groups excluding tert-OH is 1. The van der Waals surface area contributed by atoms with Crippen LogP contribution in [0.2, 0.25) is 0 Å². The normalized spacial score (nSPS) is 15.2. The average Bonchev–Trinajstić information content (AvgIpc) is 2.89. The minimum absolute atomic E-state index is 0.230. The Kier molecular flexibility index (Phi) is 8.61. The SMILES string of the molecule is C=CCC[C@H](O)CN1CCN(c2nc(-c3ccccc3)nc(CC)c2Cc2ccc(F)cc2)CC1. The summed E-state index contributed by atoms with van der Waals surface area (Å²) in [6.07, 6.45) is 4.56. The lowest BCUT2D eigenvalue weighted by Crippen LogP contribution is -2.49. The number of anilines is 1. The van der Waals surface area contributed by atoms with Gasteiger partial charge in [-0.1, -0.05) is 55.5 Å². The number of hydrogen-bond acceptors (Lipinski definition) is 5. The van der Waals surface area contributed by atoms with E-state index in [2.05, 4.69) is 23.3 Å². The fraction of sp³-hybridized carbons (Fsp3) is 0.379. The number of allylic oxidation sites excluding steroid dienone is 1. The maximum Gasteiger partial charge on any atom is 0.161 e. The third kappa shape index (κ3) is 6.53. The van der Waals surface area contributed by atoms with E-state index in [4.69, 9.17) is 9.97 Å². The van der Waals surface area contributed by atoms with Gasteiger partial charge in [0.05, 0.1) is 6.10 Å². The molecule has 6 heteroatoms. The van der Waals surface area contributed by atoms with Crippen LogP contribution in [0.1, 0.15) is 36.6 Å². The average molecular weight is 475 g/mol. The highest BCUT2D eigenvalue weighted by Crippen LogP contribution is 2.29. The van der Waals surface area contributed by atoms with Gasteiger partial charge in [-0.2, -0.15) is 0 Å². The van der Waals surface area contributed by atoms with E-state index in [0.717, 1.165) is 79.5 Å². The lowest BCUT2D eigenvalue weighted by molar-refractivity contribution is 0.103. The number of aromatic nitrogens is 2. The van der Waals surface area contributed by atoms with Gasteiger partial charge in [0, 0.05) is 56.0 Å². The van der Waals surface area contributed by atoms with E-state index in [0.29, 0.717) is 13.0 Å². The molecule has 3 aromatic rings. The number of rotatable bonds is 10. The number of halogens is 1.